The summed E-state index contributed by atoms with van der Waals surface area (Å²) in [6, 6.07) is 1.52. The van der Waals surface area contributed by atoms with Crippen LogP contribution in [0.5, 0.6) is 0 Å². The number of nitrogens with two attached hydrogens (primary N) is 1. The van der Waals surface area contributed by atoms with Gasteiger partial charge in [0, 0.05) is 12.2 Å². The molecule has 70 valence electrons. The minimum atomic E-state index is -1.05. The van der Waals surface area contributed by atoms with Gasteiger partial charge in [-0.1, -0.05) is 0 Å². The second kappa shape index (κ2) is 3.85. The molecule has 1 unspecified atom stereocenters. The lowest BCUT2D eigenvalue weighted by atomic mass is 10.1. The van der Waals surface area contributed by atoms with Crippen LogP contribution in [0, 0.1) is 0 Å². The molecule has 0 aliphatic heterocycles. The topological polar surface area (TPSA) is 76.2 Å². The fraction of sp³-hybridized carbons (Fsp3) is 0.250. The number of aromatic carboxylic acids is 1. The zero-order valence-electron chi connectivity index (χ0n) is 6.99. The summed E-state index contributed by atoms with van der Waals surface area (Å²) in [5, 5.41) is 8.67. The lowest BCUT2D eigenvalue weighted by Crippen LogP contribution is -2.08. The van der Waals surface area contributed by atoms with Crippen LogP contribution in [-0.2, 0) is 0 Å². The number of nitrogens with zero attached hydrogens (tertiary/aromatic N) is 1. The quantitative estimate of drug-likeness (QED) is 0.828. The maximum atomic E-state index is 10.6. The van der Waals surface area contributed by atoms with Gasteiger partial charge < -0.3 is 10.8 Å². The van der Waals surface area contributed by atoms with Crippen molar-refractivity contribution in [3.8, 4) is 0 Å². The fourth-order valence-corrected chi connectivity index (χ4v) is 1.40. The highest BCUT2D eigenvalue weighted by atomic mass is 79.9. The number of pyridine rings is 1. The molecule has 13 heavy (non-hydrogen) atoms. The Bertz CT molecular complexity index is 339. The van der Waals surface area contributed by atoms with Crippen LogP contribution in [0.15, 0.2) is 16.7 Å². The molecule has 1 aromatic heterocycles. The average molecular weight is 245 g/mol. The van der Waals surface area contributed by atoms with Crippen LogP contribution in [0.2, 0.25) is 0 Å². The third-order valence-corrected chi connectivity index (χ3v) is 2.20. The SMILES string of the molecule is CC(N)c1cnc(C(=O)O)c(Br)c1. The first kappa shape index (κ1) is 10.1. The number of carboxylic acids is 1. The third kappa shape index (κ3) is 2.26. The van der Waals surface area contributed by atoms with Gasteiger partial charge in [-0.3, -0.25) is 0 Å². The summed E-state index contributed by atoms with van der Waals surface area (Å²) in [7, 11) is 0. The van der Waals surface area contributed by atoms with E-state index in [1.807, 2.05) is 6.92 Å². The molecule has 1 rings (SSSR count). The van der Waals surface area contributed by atoms with Crippen LogP contribution >= 0.6 is 15.9 Å². The summed E-state index contributed by atoms with van der Waals surface area (Å²) in [4.78, 5) is 14.4. The van der Waals surface area contributed by atoms with Gasteiger partial charge in [-0.15, -0.1) is 0 Å². The molecule has 1 atom stereocenters. The molecule has 3 N–H and O–H groups in total. The van der Waals surface area contributed by atoms with Gasteiger partial charge in [-0.05, 0) is 34.5 Å². The molecule has 0 aliphatic rings. The van der Waals surface area contributed by atoms with Crippen LogP contribution < -0.4 is 5.73 Å². The highest BCUT2D eigenvalue weighted by molar-refractivity contribution is 9.10. The standard InChI is InChI=1S/C8H9BrN2O2/c1-4(10)5-2-6(9)7(8(12)13)11-3-5/h2-4H,10H2,1H3,(H,12,13). The number of hydrogen-bond donors (Lipinski definition) is 2. The Morgan fingerprint density at radius 3 is 2.77 bits per heavy atom. The van der Waals surface area contributed by atoms with Crippen molar-refractivity contribution in [3.63, 3.8) is 0 Å². The van der Waals surface area contributed by atoms with E-state index < -0.39 is 5.97 Å². The van der Waals surface area contributed by atoms with Crippen molar-refractivity contribution in [2.75, 3.05) is 0 Å². The maximum absolute atomic E-state index is 10.6. The molecule has 4 nitrogen and oxygen atoms in total. The Hall–Kier alpha value is -0.940. The van der Waals surface area contributed by atoms with Crippen molar-refractivity contribution >= 4 is 21.9 Å². The number of carboxylic acid groups (broad SMARTS) is 1. The summed E-state index contributed by atoms with van der Waals surface area (Å²) in [5.41, 5.74) is 6.41. The number of aromatic nitrogens is 1. The first-order valence-electron chi connectivity index (χ1n) is 3.66. The van der Waals surface area contributed by atoms with E-state index in [0.29, 0.717) is 4.47 Å². The highest BCUT2D eigenvalue weighted by Crippen LogP contribution is 2.18. The maximum Gasteiger partial charge on any atom is 0.355 e. The molecular formula is C8H9BrN2O2. The molecule has 0 saturated carbocycles. The molecule has 1 heterocycles. The van der Waals surface area contributed by atoms with E-state index in [9.17, 15) is 4.79 Å². The molecule has 0 amide bonds. The molecule has 1 aromatic rings. The van der Waals surface area contributed by atoms with Gasteiger partial charge in [0.05, 0.1) is 4.47 Å². The van der Waals surface area contributed by atoms with Gasteiger partial charge in [-0.2, -0.15) is 0 Å². The van der Waals surface area contributed by atoms with Crippen LogP contribution in [0.4, 0.5) is 0 Å². The molecular weight excluding hydrogens is 236 g/mol. The van der Waals surface area contributed by atoms with E-state index in [-0.39, 0.29) is 11.7 Å². The number of carbonyl (C=O) groups is 1. The van der Waals surface area contributed by atoms with E-state index in [1.54, 1.807) is 6.07 Å². The number of rotatable bonds is 2. The predicted octanol–water partition coefficient (Wildman–Crippen LogP) is 1.56. The van der Waals surface area contributed by atoms with Gasteiger partial charge in [0.2, 0.25) is 0 Å². The lowest BCUT2D eigenvalue weighted by Gasteiger charge is -2.06. The summed E-state index contributed by atoms with van der Waals surface area (Å²) < 4.78 is 0.454. The van der Waals surface area contributed by atoms with Crippen molar-refractivity contribution in [2.24, 2.45) is 5.73 Å². The van der Waals surface area contributed by atoms with E-state index in [2.05, 4.69) is 20.9 Å². The Morgan fingerprint density at radius 2 is 2.38 bits per heavy atom. The summed E-state index contributed by atoms with van der Waals surface area (Å²) in [6.45, 7) is 1.81. The van der Waals surface area contributed by atoms with E-state index >= 15 is 0 Å². The van der Waals surface area contributed by atoms with E-state index in [1.165, 1.54) is 6.20 Å². The normalized spacial score (nSPS) is 12.5. The van der Waals surface area contributed by atoms with Gasteiger partial charge >= 0.3 is 5.97 Å². The molecule has 0 fully saturated rings. The molecule has 0 aromatic carbocycles. The molecule has 0 saturated heterocycles. The van der Waals surface area contributed by atoms with E-state index in [0.717, 1.165) is 5.56 Å². The van der Waals surface area contributed by atoms with Crippen molar-refractivity contribution in [1.82, 2.24) is 4.98 Å². The second-order valence-electron chi connectivity index (χ2n) is 2.69. The molecule has 0 aliphatic carbocycles. The van der Waals surface area contributed by atoms with Crippen LogP contribution in [0.3, 0.4) is 0 Å². The van der Waals surface area contributed by atoms with Gasteiger partial charge in [-0.25, -0.2) is 9.78 Å². The zero-order chi connectivity index (χ0) is 10.0. The van der Waals surface area contributed by atoms with Crippen molar-refractivity contribution < 1.29 is 9.90 Å². The third-order valence-electron chi connectivity index (χ3n) is 1.59. The summed E-state index contributed by atoms with van der Waals surface area (Å²) >= 11 is 3.12. The smallest absolute Gasteiger partial charge is 0.355 e. The molecule has 0 bridgehead atoms. The Morgan fingerprint density at radius 1 is 1.77 bits per heavy atom. The Labute approximate surface area is 83.9 Å². The summed E-state index contributed by atoms with van der Waals surface area (Å²) in [5.74, 6) is -1.05. The fourth-order valence-electron chi connectivity index (χ4n) is 0.859. The van der Waals surface area contributed by atoms with Crippen LogP contribution in [-0.4, -0.2) is 16.1 Å². The van der Waals surface area contributed by atoms with Gasteiger partial charge in [0.25, 0.3) is 0 Å². The van der Waals surface area contributed by atoms with Crippen molar-refractivity contribution in [3.05, 3.63) is 28.0 Å². The molecule has 5 heteroatoms. The number of hydrogen-bond acceptors (Lipinski definition) is 3. The second-order valence-corrected chi connectivity index (χ2v) is 3.55. The lowest BCUT2D eigenvalue weighted by molar-refractivity contribution is 0.0689. The van der Waals surface area contributed by atoms with Crippen LogP contribution in [0.1, 0.15) is 29.0 Å². The Balaban J connectivity index is 3.13. The minimum Gasteiger partial charge on any atom is -0.476 e. The first-order valence-corrected chi connectivity index (χ1v) is 4.46. The molecule has 0 radical (unpaired) electrons. The Kier molecular flexibility index (Phi) is 3.00. The van der Waals surface area contributed by atoms with Crippen molar-refractivity contribution in [1.29, 1.82) is 0 Å². The highest BCUT2D eigenvalue weighted by Gasteiger charge is 2.11. The first-order chi connectivity index (χ1) is 6.02. The zero-order valence-corrected chi connectivity index (χ0v) is 8.58. The summed E-state index contributed by atoms with van der Waals surface area (Å²) in [6.07, 6.45) is 1.47. The number of halogens is 1. The minimum absolute atomic E-state index is 0.00407. The van der Waals surface area contributed by atoms with Crippen LogP contribution in [0.25, 0.3) is 0 Å². The molecule has 0 spiro atoms. The largest absolute Gasteiger partial charge is 0.476 e. The monoisotopic (exact) mass is 244 g/mol. The van der Waals surface area contributed by atoms with Crippen molar-refractivity contribution in [2.45, 2.75) is 13.0 Å². The predicted molar refractivity (Wildman–Crippen MR) is 51.5 cm³/mol. The van der Waals surface area contributed by atoms with Gasteiger partial charge in [0.1, 0.15) is 0 Å². The van der Waals surface area contributed by atoms with Gasteiger partial charge in [0.15, 0.2) is 5.69 Å². The average Bonchev–Trinajstić information content (AvgIpc) is 2.03. The van der Waals surface area contributed by atoms with E-state index in [4.69, 9.17) is 10.8 Å².